The Morgan fingerprint density at radius 3 is 2.54 bits per heavy atom. The van der Waals surface area contributed by atoms with Gasteiger partial charge in [0.2, 0.25) is 11.8 Å². The van der Waals surface area contributed by atoms with Gasteiger partial charge in [0.15, 0.2) is 0 Å². The minimum Gasteiger partial charge on any atom is -0.383 e. The smallest absolute Gasteiger partial charge is 0.228 e. The van der Waals surface area contributed by atoms with E-state index >= 15 is 0 Å². The summed E-state index contributed by atoms with van der Waals surface area (Å²) < 4.78 is 5.14. The SMILES string of the molecule is COC[C@H](C)N1C[C@@H](C(=O)N2CCN(Cc3ccccc3)CC2)CC1=O. The van der Waals surface area contributed by atoms with Crippen LogP contribution in [0.15, 0.2) is 30.3 Å². The summed E-state index contributed by atoms with van der Waals surface area (Å²) in [6, 6.07) is 10.4. The molecule has 0 unspecified atom stereocenters. The number of benzene rings is 1. The van der Waals surface area contributed by atoms with Gasteiger partial charge in [-0.15, -0.1) is 0 Å². The van der Waals surface area contributed by atoms with Gasteiger partial charge in [0.05, 0.1) is 18.6 Å². The second-order valence-electron chi connectivity index (χ2n) is 7.34. The first-order valence-electron chi connectivity index (χ1n) is 9.42. The average molecular weight is 359 g/mol. The highest BCUT2D eigenvalue weighted by Gasteiger charge is 2.38. The summed E-state index contributed by atoms with van der Waals surface area (Å²) in [6.45, 7) is 7.16. The number of carbonyl (C=O) groups excluding carboxylic acids is 2. The molecule has 2 heterocycles. The van der Waals surface area contributed by atoms with Crippen LogP contribution in [-0.2, 0) is 20.9 Å². The number of amides is 2. The standard InChI is InChI=1S/C20H29N3O3/c1-16(15-26-2)23-14-18(12-19(23)24)20(25)22-10-8-21(9-11-22)13-17-6-4-3-5-7-17/h3-7,16,18H,8-15H2,1-2H3/t16-,18-/m0/s1. The number of carbonyl (C=O) groups is 2. The summed E-state index contributed by atoms with van der Waals surface area (Å²) in [7, 11) is 1.63. The molecule has 1 aromatic carbocycles. The molecule has 0 bridgehead atoms. The normalized spacial score (nSPS) is 22.7. The third-order valence-electron chi connectivity index (χ3n) is 5.38. The molecule has 26 heavy (non-hydrogen) atoms. The first kappa shape index (κ1) is 18.9. The number of likely N-dealkylation sites (tertiary alicyclic amines) is 1. The molecule has 0 N–H and O–H groups in total. The van der Waals surface area contributed by atoms with E-state index in [1.165, 1.54) is 5.56 Å². The van der Waals surface area contributed by atoms with Crippen molar-refractivity contribution in [3.05, 3.63) is 35.9 Å². The van der Waals surface area contributed by atoms with Gasteiger partial charge in [0.1, 0.15) is 0 Å². The Balaban J connectivity index is 1.49. The number of piperazine rings is 1. The van der Waals surface area contributed by atoms with Crippen LogP contribution in [0.1, 0.15) is 18.9 Å². The molecule has 142 valence electrons. The predicted octanol–water partition coefficient (Wildman–Crippen LogP) is 1.21. The van der Waals surface area contributed by atoms with Crippen molar-refractivity contribution in [2.45, 2.75) is 25.9 Å². The number of rotatable bonds is 6. The van der Waals surface area contributed by atoms with Gasteiger partial charge >= 0.3 is 0 Å². The molecule has 2 saturated heterocycles. The molecule has 6 heteroatoms. The summed E-state index contributed by atoms with van der Waals surface area (Å²) >= 11 is 0. The third-order valence-corrected chi connectivity index (χ3v) is 5.38. The van der Waals surface area contributed by atoms with Crippen molar-refractivity contribution in [3.63, 3.8) is 0 Å². The Morgan fingerprint density at radius 2 is 1.88 bits per heavy atom. The van der Waals surface area contributed by atoms with E-state index in [0.29, 0.717) is 19.6 Å². The van der Waals surface area contributed by atoms with Crippen molar-refractivity contribution in [2.75, 3.05) is 46.4 Å². The fraction of sp³-hybridized carbons (Fsp3) is 0.600. The van der Waals surface area contributed by atoms with Crippen LogP contribution >= 0.6 is 0 Å². The maximum Gasteiger partial charge on any atom is 0.228 e. The Hall–Kier alpha value is -1.92. The van der Waals surface area contributed by atoms with Gasteiger partial charge in [-0.1, -0.05) is 30.3 Å². The first-order valence-corrected chi connectivity index (χ1v) is 9.42. The number of nitrogens with zero attached hydrogens (tertiary/aromatic N) is 3. The maximum atomic E-state index is 12.8. The second-order valence-corrected chi connectivity index (χ2v) is 7.34. The third kappa shape index (κ3) is 4.43. The van der Waals surface area contributed by atoms with Gasteiger partial charge in [-0.25, -0.2) is 0 Å². The van der Waals surface area contributed by atoms with E-state index in [4.69, 9.17) is 4.74 Å². The first-order chi connectivity index (χ1) is 12.6. The molecule has 0 saturated carbocycles. The van der Waals surface area contributed by atoms with Gasteiger partial charge in [-0.3, -0.25) is 14.5 Å². The zero-order valence-corrected chi connectivity index (χ0v) is 15.8. The Bertz CT molecular complexity index is 614. The van der Waals surface area contributed by atoms with E-state index in [0.717, 1.165) is 32.7 Å². The van der Waals surface area contributed by atoms with Gasteiger partial charge in [0, 0.05) is 52.8 Å². The fourth-order valence-electron chi connectivity index (χ4n) is 3.88. The van der Waals surface area contributed by atoms with Crippen molar-refractivity contribution in [1.82, 2.24) is 14.7 Å². The Morgan fingerprint density at radius 1 is 1.19 bits per heavy atom. The minimum absolute atomic E-state index is 0.0213. The lowest BCUT2D eigenvalue weighted by molar-refractivity contribution is -0.137. The van der Waals surface area contributed by atoms with Gasteiger partial charge in [-0.05, 0) is 12.5 Å². The topological polar surface area (TPSA) is 53.1 Å². The van der Waals surface area contributed by atoms with Crippen LogP contribution in [0.2, 0.25) is 0 Å². The quantitative estimate of drug-likeness (QED) is 0.766. The summed E-state index contributed by atoms with van der Waals surface area (Å²) in [6.07, 6.45) is 0.330. The highest BCUT2D eigenvalue weighted by molar-refractivity contribution is 5.89. The minimum atomic E-state index is -0.206. The zero-order chi connectivity index (χ0) is 18.5. The van der Waals surface area contributed by atoms with Gasteiger partial charge in [-0.2, -0.15) is 0 Å². The van der Waals surface area contributed by atoms with E-state index in [-0.39, 0.29) is 23.8 Å². The maximum absolute atomic E-state index is 12.8. The van der Waals surface area contributed by atoms with Crippen molar-refractivity contribution in [2.24, 2.45) is 5.92 Å². The second kappa shape index (κ2) is 8.64. The molecular weight excluding hydrogens is 330 g/mol. The highest BCUT2D eigenvalue weighted by Crippen LogP contribution is 2.23. The predicted molar refractivity (Wildman–Crippen MR) is 99.5 cm³/mol. The summed E-state index contributed by atoms with van der Waals surface area (Å²) in [5, 5.41) is 0. The summed E-state index contributed by atoms with van der Waals surface area (Å²) in [5.74, 6) is -0.0112. The van der Waals surface area contributed by atoms with Crippen LogP contribution in [0.3, 0.4) is 0 Å². The number of methoxy groups -OCH3 is 1. The van der Waals surface area contributed by atoms with E-state index in [2.05, 4.69) is 29.2 Å². The van der Waals surface area contributed by atoms with Crippen LogP contribution in [0, 0.1) is 5.92 Å². The molecule has 2 fully saturated rings. The van der Waals surface area contributed by atoms with Crippen LogP contribution < -0.4 is 0 Å². The van der Waals surface area contributed by atoms with Crippen LogP contribution in [0.5, 0.6) is 0 Å². The lowest BCUT2D eigenvalue weighted by Crippen LogP contribution is -2.50. The molecule has 2 amide bonds. The average Bonchev–Trinajstić information content (AvgIpc) is 3.05. The molecule has 0 aliphatic carbocycles. The van der Waals surface area contributed by atoms with Crippen molar-refractivity contribution in [3.8, 4) is 0 Å². The molecule has 0 radical (unpaired) electrons. The molecule has 2 aliphatic heterocycles. The summed E-state index contributed by atoms with van der Waals surface area (Å²) in [5.41, 5.74) is 1.30. The number of hydrogen-bond donors (Lipinski definition) is 0. The van der Waals surface area contributed by atoms with Crippen LogP contribution in [0.25, 0.3) is 0 Å². The lowest BCUT2D eigenvalue weighted by Gasteiger charge is -2.36. The van der Waals surface area contributed by atoms with Crippen molar-refractivity contribution < 1.29 is 14.3 Å². The number of hydrogen-bond acceptors (Lipinski definition) is 4. The van der Waals surface area contributed by atoms with E-state index in [1.807, 2.05) is 17.9 Å². The van der Waals surface area contributed by atoms with E-state index in [9.17, 15) is 9.59 Å². The fourth-order valence-corrected chi connectivity index (χ4v) is 3.88. The van der Waals surface area contributed by atoms with Gasteiger partial charge < -0.3 is 14.5 Å². The summed E-state index contributed by atoms with van der Waals surface area (Å²) in [4.78, 5) is 31.2. The molecule has 3 rings (SSSR count). The van der Waals surface area contributed by atoms with E-state index in [1.54, 1.807) is 12.0 Å². The molecule has 0 aromatic heterocycles. The monoisotopic (exact) mass is 359 g/mol. The van der Waals surface area contributed by atoms with E-state index < -0.39 is 0 Å². The largest absolute Gasteiger partial charge is 0.383 e. The molecular formula is C20H29N3O3. The lowest BCUT2D eigenvalue weighted by atomic mass is 10.1. The van der Waals surface area contributed by atoms with Gasteiger partial charge in [0.25, 0.3) is 0 Å². The molecule has 1 aromatic rings. The number of ether oxygens (including phenoxy) is 1. The molecule has 0 spiro atoms. The Kier molecular flexibility index (Phi) is 6.27. The molecule has 2 aliphatic rings. The van der Waals surface area contributed by atoms with Crippen molar-refractivity contribution in [1.29, 1.82) is 0 Å². The van der Waals surface area contributed by atoms with Crippen molar-refractivity contribution >= 4 is 11.8 Å². The Labute approximate surface area is 155 Å². The zero-order valence-electron chi connectivity index (χ0n) is 15.8. The molecule has 6 nitrogen and oxygen atoms in total. The van der Waals surface area contributed by atoms with Crippen LogP contribution in [0.4, 0.5) is 0 Å². The molecule has 2 atom stereocenters. The highest BCUT2D eigenvalue weighted by atomic mass is 16.5. The van der Waals surface area contributed by atoms with Crippen LogP contribution in [-0.4, -0.2) is 79.0 Å².